The van der Waals surface area contributed by atoms with Crippen LogP contribution in [0.3, 0.4) is 0 Å². The van der Waals surface area contributed by atoms with Crippen LogP contribution in [-0.4, -0.2) is 37.0 Å². The third-order valence-electron chi connectivity index (χ3n) is 4.34. The van der Waals surface area contributed by atoms with Crippen LogP contribution in [0.2, 0.25) is 0 Å². The molecule has 1 aliphatic rings. The second-order valence-electron chi connectivity index (χ2n) is 6.16. The van der Waals surface area contributed by atoms with E-state index in [0.717, 1.165) is 37.2 Å². The largest absolute Gasteiger partial charge is 0.416 e. The molecule has 1 amide bonds. The number of carbonyl (C=O) groups is 1. The Kier molecular flexibility index (Phi) is 6.84. The lowest BCUT2D eigenvalue weighted by atomic mass is 9.97. The molecule has 1 heterocycles. The molecule has 146 valence electrons. The van der Waals surface area contributed by atoms with Gasteiger partial charge in [-0.15, -0.1) is 12.4 Å². The van der Waals surface area contributed by atoms with Crippen molar-refractivity contribution in [1.82, 2.24) is 10.2 Å². The minimum Gasteiger partial charge on any atom is -0.337 e. The Bertz CT molecular complexity index is 803. The maximum Gasteiger partial charge on any atom is 0.416 e. The predicted octanol–water partition coefficient (Wildman–Crippen LogP) is 4.37. The summed E-state index contributed by atoms with van der Waals surface area (Å²) in [5.74, 6) is -0.974. The smallest absolute Gasteiger partial charge is 0.337 e. The van der Waals surface area contributed by atoms with Crippen LogP contribution in [0.4, 0.5) is 17.6 Å². The molecule has 0 saturated carbocycles. The maximum absolute atomic E-state index is 13.8. The van der Waals surface area contributed by atoms with Crippen molar-refractivity contribution in [3.8, 4) is 11.1 Å². The lowest BCUT2D eigenvalue weighted by Crippen LogP contribution is -2.34. The molecule has 8 heteroatoms. The molecule has 0 aromatic heterocycles. The molecule has 0 radical (unpaired) electrons. The van der Waals surface area contributed by atoms with Gasteiger partial charge < -0.3 is 10.2 Å². The summed E-state index contributed by atoms with van der Waals surface area (Å²) in [5, 5.41) is 3.17. The van der Waals surface area contributed by atoms with E-state index < -0.39 is 17.6 Å². The lowest BCUT2D eigenvalue weighted by molar-refractivity contribution is -0.137. The highest BCUT2D eigenvalue weighted by Gasteiger charge is 2.31. The second kappa shape index (κ2) is 8.71. The molecule has 1 saturated heterocycles. The summed E-state index contributed by atoms with van der Waals surface area (Å²) in [6, 6.07) is 8.32. The molecule has 0 aliphatic carbocycles. The summed E-state index contributed by atoms with van der Waals surface area (Å²) in [4.78, 5) is 14.5. The second-order valence-corrected chi connectivity index (χ2v) is 6.16. The minimum absolute atomic E-state index is 0. The van der Waals surface area contributed by atoms with Crippen molar-refractivity contribution in [3.05, 3.63) is 59.4 Å². The number of halogens is 5. The fraction of sp³-hybridized carbons (Fsp3) is 0.316. The van der Waals surface area contributed by atoms with Gasteiger partial charge >= 0.3 is 6.18 Å². The topological polar surface area (TPSA) is 32.3 Å². The van der Waals surface area contributed by atoms with Crippen LogP contribution in [0.1, 0.15) is 22.3 Å². The van der Waals surface area contributed by atoms with Crippen molar-refractivity contribution in [2.45, 2.75) is 12.6 Å². The summed E-state index contributed by atoms with van der Waals surface area (Å²) in [5.41, 5.74) is -0.209. The van der Waals surface area contributed by atoms with E-state index in [4.69, 9.17) is 0 Å². The van der Waals surface area contributed by atoms with E-state index in [1.807, 2.05) is 0 Å². The molecule has 3 nitrogen and oxygen atoms in total. The molecule has 2 aromatic carbocycles. The quantitative estimate of drug-likeness (QED) is 0.757. The normalized spacial score (nSPS) is 15.0. The molecule has 0 unspecified atom stereocenters. The lowest BCUT2D eigenvalue weighted by Gasteiger charge is -2.22. The first-order valence-corrected chi connectivity index (χ1v) is 8.33. The molecule has 27 heavy (non-hydrogen) atoms. The van der Waals surface area contributed by atoms with E-state index in [-0.39, 0.29) is 29.4 Å². The standard InChI is InChI=1S/C19H18F4N2O.ClH/c20-15-5-6-16(13-3-1-4-14(11-13)19(21,22)23)17(12-15)18(26)25-9-2-7-24-8-10-25;/h1,3-6,11-12,24H,2,7-10H2;1H. The number of hydrogen-bond acceptors (Lipinski definition) is 2. The van der Waals surface area contributed by atoms with Crippen molar-refractivity contribution >= 4 is 18.3 Å². The van der Waals surface area contributed by atoms with Crippen LogP contribution < -0.4 is 5.32 Å². The first-order valence-electron chi connectivity index (χ1n) is 8.33. The molecule has 0 atom stereocenters. The SMILES string of the molecule is Cl.O=C(c1cc(F)ccc1-c1cccc(C(F)(F)F)c1)N1CCCNCC1. The van der Waals surface area contributed by atoms with Gasteiger partial charge in [0.25, 0.3) is 5.91 Å². The Morgan fingerprint density at radius 2 is 1.81 bits per heavy atom. The van der Waals surface area contributed by atoms with Crippen molar-refractivity contribution in [2.75, 3.05) is 26.2 Å². The van der Waals surface area contributed by atoms with E-state index >= 15 is 0 Å². The number of carbonyl (C=O) groups excluding carboxylic acids is 1. The van der Waals surface area contributed by atoms with Gasteiger partial charge in [0.2, 0.25) is 0 Å². The predicted molar refractivity (Wildman–Crippen MR) is 97.5 cm³/mol. The van der Waals surface area contributed by atoms with Gasteiger partial charge in [0.15, 0.2) is 0 Å². The number of amides is 1. The third-order valence-corrected chi connectivity index (χ3v) is 4.34. The Morgan fingerprint density at radius 1 is 1.04 bits per heavy atom. The Morgan fingerprint density at radius 3 is 2.56 bits per heavy atom. The van der Waals surface area contributed by atoms with Crippen LogP contribution in [0.5, 0.6) is 0 Å². The van der Waals surface area contributed by atoms with E-state index in [1.165, 1.54) is 18.2 Å². The van der Waals surface area contributed by atoms with Gasteiger partial charge in [-0.05, 0) is 48.4 Å². The first-order chi connectivity index (χ1) is 12.4. The van der Waals surface area contributed by atoms with E-state index in [0.29, 0.717) is 25.2 Å². The highest BCUT2D eigenvalue weighted by molar-refractivity contribution is 6.01. The number of nitrogens with zero attached hydrogens (tertiary/aromatic N) is 1. The van der Waals surface area contributed by atoms with Gasteiger partial charge in [-0.2, -0.15) is 13.2 Å². The average Bonchev–Trinajstić information content (AvgIpc) is 2.90. The summed E-state index contributed by atoms with van der Waals surface area (Å²) in [7, 11) is 0. The maximum atomic E-state index is 13.8. The van der Waals surface area contributed by atoms with Crippen LogP contribution in [-0.2, 0) is 6.18 Å². The summed E-state index contributed by atoms with van der Waals surface area (Å²) in [6.45, 7) is 2.40. The third kappa shape index (κ3) is 4.99. The zero-order chi connectivity index (χ0) is 18.7. The number of rotatable bonds is 2. The summed E-state index contributed by atoms with van der Waals surface area (Å²) < 4.78 is 52.8. The molecular weight excluding hydrogens is 384 g/mol. The molecule has 2 aromatic rings. The van der Waals surface area contributed by atoms with Crippen molar-refractivity contribution < 1.29 is 22.4 Å². The summed E-state index contributed by atoms with van der Waals surface area (Å²) in [6.07, 6.45) is -3.73. The van der Waals surface area contributed by atoms with E-state index in [2.05, 4.69) is 5.32 Å². The van der Waals surface area contributed by atoms with Crippen molar-refractivity contribution in [2.24, 2.45) is 0 Å². The van der Waals surface area contributed by atoms with Crippen LogP contribution in [0, 0.1) is 5.82 Å². The molecule has 1 N–H and O–H groups in total. The first kappa shape index (κ1) is 21.2. The number of benzene rings is 2. The molecule has 1 aliphatic heterocycles. The van der Waals surface area contributed by atoms with Gasteiger partial charge in [-0.3, -0.25) is 4.79 Å². The van der Waals surface area contributed by atoms with Gasteiger partial charge in [0.05, 0.1) is 11.1 Å². The van der Waals surface area contributed by atoms with Gasteiger partial charge in [-0.1, -0.05) is 18.2 Å². The van der Waals surface area contributed by atoms with Gasteiger partial charge in [0, 0.05) is 19.6 Å². The molecule has 0 bridgehead atoms. The zero-order valence-electron chi connectivity index (χ0n) is 14.4. The fourth-order valence-corrected chi connectivity index (χ4v) is 3.03. The van der Waals surface area contributed by atoms with Crippen LogP contribution in [0.25, 0.3) is 11.1 Å². The number of nitrogens with one attached hydrogen (secondary N) is 1. The van der Waals surface area contributed by atoms with Crippen molar-refractivity contribution in [3.63, 3.8) is 0 Å². The zero-order valence-corrected chi connectivity index (χ0v) is 15.2. The molecule has 0 spiro atoms. The molecular formula is C19H19ClF4N2O. The van der Waals surface area contributed by atoms with Crippen LogP contribution in [0.15, 0.2) is 42.5 Å². The number of hydrogen-bond donors (Lipinski definition) is 1. The average molecular weight is 403 g/mol. The molecule has 3 rings (SSSR count). The fourth-order valence-electron chi connectivity index (χ4n) is 3.03. The highest BCUT2D eigenvalue weighted by Crippen LogP contribution is 2.33. The Labute approximate surface area is 160 Å². The minimum atomic E-state index is -4.49. The highest BCUT2D eigenvalue weighted by atomic mass is 35.5. The van der Waals surface area contributed by atoms with Gasteiger partial charge in [-0.25, -0.2) is 4.39 Å². The Hall–Kier alpha value is -2.12. The molecule has 1 fully saturated rings. The monoisotopic (exact) mass is 402 g/mol. The number of alkyl halides is 3. The van der Waals surface area contributed by atoms with E-state index in [1.54, 1.807) is 4.90 Å². The van der Waals surface area contributed by atoms with E-state index in [9.17, 15) is 22.4 Å². The van der Waals surface area contributed by atoms with Gasteiger partial charge in [0.1, 0.15) is 5.82 Å². The van der Waals surface area contributed by atoms with Crippen LogP contribution >= 0.6 is 12.4 Å². The Balaban J connectivity index is 0.00000261. The van der Waals surface area contributed by atoms with Crippen molar-refractivity contribution in [1.29, 1.82) is 0 Å². The summed E-state index contributed by atoms with van der Waals surface area (Å²) >= 11 is 0.